The van der Waals surface area contributed by atoms with E-state index in [9.17, 15) is 0 Å². The molecule has 2 rings (SSSR count). The maximum atomic E-state index is 5.37. The van der Waals surface area contributed by atoms with Gasteiger partial charge in [0.05, 0.1) is 18.7 Å². The molecule has 0 aromatic heterocycles. The molecule has 0 amide bonds. The van der Waals surface area contributed by atoms with Gasteiger partial charge in [0.15, 0.2) is 11.5 Å². The van der Waals surface area contributed by atoms with Crippen molar-refractivity contribution in [3.63, 3.8) is 0 Å². The van der Waals surface area contributed by atoms with Crippen LogP contribution in [0.15, 0.2) is 45.3 Å². The predicted molar refractivity (Wildman–Crippen MR) is 84.2 cm³/mol. The van der Waals surface area contributed by atoms with Gasteiger partial charge < -0.3 is 9.47 Å². The monoisotopic (exact) mass is 384 g/mol. The minimum absolute atomic E-state index is 0.700. The molecule has 4 heteroatoms. The van der Waals surface area contributed by atoms with Crippen molar-refractivity contribution < 1.29 is 9.47 Å². The molecular weight excluding hydrogens is 372 g/mol. The minimum atomic E-state index is 0.700. The van der Waals surface area contributed by atoms with E-state index in [1.807, 2.05) is 24.3 Å². The van der Waals surface area contributed by atoms with Crippen molar-refractivity contribution in [1.29, 1.82) is 0 Å². The number of halogens is 2. The second-order valence-electron chi connectivity index (χ2n) is 4.06. The van der Waals surface area contributed by atoms with Crippen LogP contribution in [0, 0.1) is 0 Å². The van der Waals surface area contributed by atoms with Gasteiger partial charge in [0.2, 0.25) is 0 Å². The third-order valence-electron chi connectivity index (χ3n) is 2.86. The number of benzene rings is 2. The smallest absolute Gasteiger partial charge is 0.176 e. The predicted octanol–water partition coefficient (Wildman–Crippen LogP) is 4.82. The van der Waals surface area contributed by atoms with Crippen molar-refractivity contribution in [3.05, 3.63) is 56.5 Å². The Kier molecular flexibility index (Phi) is 4.88. The van der Waals surface area contributed by atoms with Gasteiger partial charge in [-0.3, -0.25) is 0 Å². The zero-order chi connectivity index (χ0) is 13.8. The fourth-order valence-electron chi connectivity index (χ4n) is 1.92. The Morgan fingerprint density at radius 3 is 2.21 bits per heavy atom. The van der Waals surface area contributed by atoms with Crippen molar-refractivity contribution in [1.82, 2.24) is 0 Å². The Labute approximate surface area is 130 Å². The molecule has 0 N–H and O–H groups in total. The summed E-state index contributed by atoms with van der Waals surface area (Å²) in [4.78, 5) is 0. The van der Waals surface area contributed by atoms with Crippen molar-refractivity contribution >= 4 is 31.9 Å². The van der Waals surface area contributed by atoms with Crippen LogP contribution in [-0.4, -0.2) is 14.2 Å². The lowest BCUT2D eigenvalue weighted by Crippen LogP contribution is -1.97. The molecule has 19 heavy (non-hydrogen) atoms. The van der Waals surface area contributed by atoms with Gasteiger partial charge in [-0.15, -0.1) is 0 Å². The van der Waals surface area contributed by atoms with Gasteiger partial charge >= 0.3 is 0 Å². The van der Waals surface area contributed by atoms with E-state index in [0.29, 0.717) is 5.75 Å². The average molecular weight is 386 g/mol. The number of ether oxygens (including phenoxy) is 2. The van der Waals surface area contributed by atoms with Crippen molar-refractivity contribution in [2.75, 3.05) is 14.2 Å². The van der Waals surface area contributed by atoms with Gasteiger partial charge in [0.1, 0.15) is 0 Å². The van der Waals surface area contributed by atoms with E-state index >= 15 is 0 Å². The summed E-state index contributed by atoms with van der Waals surface area (Å²) in [6, 6.07) is 12.3. The molecule has 100 valence electrons. The van der Waals surface area contributed by atoms with Crippen LogP contribution in [0.25, 0.3) is 0 Å². The molecule has 0 bridgehead atoms. The topological polar surface area (TPSA) is 18.5 Å². The van der Waals surface area contributed by atoms with Crippen LogP contribution in [0.4, 0.5) is 0 Å². The molecule has 0 spiro atoms. The highest BCUT2D eigenvalue weighted by molar-refractivity contribution is 9.13. The summed E-state index contributed by atoms with van der Waals surface area (Å²) in [6.07, 6.45) is 0.834. The van der Waals surface area contributed by atoms with Crippen molar-refractivity contribution in [3.8, 4) is 11.5 Å². The molecule has 0 saturated heterocycles. The van der Waals surface area contributed by atoms with Crippen LogP contribution in [0.5, 0.6) is 11.5 Å². The largest absolute Gasteiger partial charge is 0.493 e. The summed E-state index contributed by atoms with van der Waals surface area (Å²) in [5, 5.41) is 0. The normalized spacial score (nSPS) is 10.3. The number of methoxy groups -OCH3 is 2. The van der Waals surface area contributed by atoms with Crippen LogP contribution < -0.4 is 9.47 Å². The summed E-state index contributed by atoms with van der Waals surface area (Å²) in [5.74, 6) is 1.43. The third kappa shape index (κ3) is 3.12. The molecular formula is C15H14Br2O2. The Bertz CT molecular complexity index is 568. The number of hydrogen-bond acceptors (Lipinski definition) is 2. The maximum Gasteiger partial charge on any atom is 0.176 e. The highest BCUT2D eigenvalue weighted by Gasteiger charge is 2.16. The first-order chi connectivity index (χ1) is 9.17. The molecule has 0 radical (unpaired) electrons. The molecule has 0 fully saturated rings. The Morgan fingerprint density at radius 2 is 1.63 bits per heavy atom. The molecule has 0 saturated carbocycles. The zero-order valence-electron chi connectivity index (χ0n) is 10.7. The lowest BCUT2D eigenvalue weighted by molar-refractivity contribution is 0.352. The van der Waals surface area contributed by atoms with Crippen molar-refractivity contribution in [2.45, 2.75) is 6.42 Å². The fraction of sp³-hybridized carbons (Fsp3) is 0.200. The zero-order valence-corrected chi connectivity index (χ0v) is 13.9. The first kappa shape index (κ1) is 14.4. The highest BCUT2D eigenvalue weighted by Crippen LogP contribution is 2.43. The van der Waals surface area contributed by atoms with Crippen LogP contribution in [0.2, 0.25) is 0 Å². The number of rotatable bonds is 4. The molecule has 2 aromatic carbocycles. The van der Waals surface area contributed by atoms with E-state index in [1.54, 1.807) is 14.2 Å². The Morgan fingerprint density at radius 1 is 0.947 bits per heavy atom. The summed E-state index contributed by atoms with van der Waals surface area (Å²) < 4.78 is 12.6. The van der Waals surface area contributed by atoms with E-state index in [-0.39, 0.29) is 0 Å². The molecule has 0 aliphatic rings. The fourth-order valence-corrected chi connectivity index (χ4v) is 2.97. The van der Waals surface area contributed by atoms with E-state index < -0.39 is 0 Å². The van der Waals surface area contributed by atoms with Gasteiger partial charge in [0.25, 0.3) is 0 Å². The molecule has 0 unspecified atom stereocenters. The quantitative estimate of drug-likeness (QED) is 0.751. The second kappa shape index (κ2) is 6.44. The maximum absolute atomic E-state index is 5.37. The van der Waals surface area contributed by atoms with Crippen LogP contribution in [0.1, 0.15) is 11.1 Å². The second-order valence-corrected chi connectivity index (χ2v) is 5.65. The van der Waals surface area contributed by atoms with E-state index in [0.717, 1.165) is 26.7 Å². The molecule has 0 atom stereocenters. The van der Waals surface area contributed by atoms with Gasteiger partial charge in [-0.25, -0.2) is 0 Å². The molecule has 2 aromatic rings. The molecule has 0 aliphatic heterocycles. The summed E-state index contributed by atoms with van der Waals surface area (Å²) in [7, 11) is 3.27. The van der Waals surface area contributed by atoms with Gasteiger partial charge in [0, 0.05) is 4.47 Å². The first-order valence-electron chi connectivity index (χ1n) is 5.80. The van der Waals surface area contributed by atoms with Crippen LogP contribution in [0.3, 0.4) is 0 Å². The summed E-state index contributed by atoms with van der Waals surface area (Å²) in [5.41, 5.74) is 2.40. The van der Waals surface area contributed by atoms with E-state index in [2.05, 4.69) is 44.0 Å². The number of hydrogen-bond donors (Lipinski definition) is 0. The summed E-state index contributed by atoms with van der Waals surface area (Å²) >= 11 is 7.15. The Balaban J connectivity index is 2.44. The Hall–Kier alpha value is -1.00. The minimum Gasteiger partial charge on any atom is -0.493 e. The average Bonchev–Trinajstić information content (AvgIpc) is 2.45. The van der Waals surface area contributed by atoms with Crippen LogP contribution in [-0.2, 0) is 6.42 Å². The molecule has 2 nitrogen and oxygen atoms in total. The van der Waals surface area contributed by atoms with Gasteiger partial charge in [-0.1, -0.05) is 30.3 Å². The van der Waals surface area contributed by atoms with Crippen LogP contribution >= 0.6 is 31.9 Å². The van der Waals surface area contributed by atoms with Gasteiger partial charge in [-0.2, -0.15) is 0 Å². The first-order valence-corrected chi connectivity index (χ1v) is 7.38. The third-order valence-corrected chi connectivity index (χ3v) is 5.06. The standard InChI is InChI=1S/C15H14Br2O2/c1-18-12-9-11(8-10-6-4-3-5-7-10)13(16)14(17)15(12)19-2/h3-7,9H,8H2,1-2H3. The molecule has 0 aliphatic carbocycles. The van der Waals surface area contributed by atoms with Gasteiger partial charge in [-0.05, 0) is 55.5 Å². The van der Waals surface area contributed by atoms with E-state index in [1.165, 1.54) is 5.56 Å². The SMILES string of the molecule is COc1cc(Cc2ccccc2)c(Br)c(Br)c1OC. The summed E-state index contributed by atoms with van der Waals surface area (Å²) in [6.45, 7) is 0. The van der Waals surface area contributed by atoms with E-state index in [4.69, 9.17) is 9.47 Å². The van der Waals surface area contributed by atoms with Crippen molar-refractivity contribution in [2.24, 2.45) is 0 Å². The lowest BCUT2D eigenvalue weighted by Gasteiger charge is -2.14. The molecule has 0 heterocycles. The lowest BCUT2D eigenvalue weighted by atomic mass is 10.0. The highest BCUT2D eigenvalue weighted by atomic mass is 79.9.